The standard InChI is InChI=1S/C26H28N6O2/c1-33-22-14-13-19(17-23(22)34-2)15-16-28-25-24(27)26(30-18-29-25)31-32(20-9-5-3-6-10-20)21-11-7-4-8-12-21/h3-14,17-18H,15-16,27H2,1-2H3,(H2,28,29,30,31). The van der Waals surface area contributed by atoms with Gasteiger partial charge in [0.2, 0.25) is 0 Å². The van der Waals surface area contributed by atoms with Gasteiger partial charge in [-0.3, -0.25) is 10.4 Å². The third-order valence-electron chi connectivity index (χ3n) is 5.28. The first-order chi connectivity index (χ1) is 16.7. The number of benzene rings is 3. The summed E-state index contributed by atoms with van der Waals surface area (Å²) in [4.78, 5) is 8.71. The second-order valence-corrected chi connectivity index (χ2v) is 7.47. The highest BCUT2D eigenvalue weighted by molar-refractivity contribution is 5.77. The summed E-state index contributed by atoms with van der Waals surface area (Å²) >= 11 is 0. The average Bonchev–Trinajstić information content (AvgIpc) is 2.90. The minimum absolute atomic E-state index is 0.437. The van der Waals surface area contributed by atoms with E-state index in [1.165, 1.54) is 6.33 Å². The Morgan fingerprint density at radius 3 is 2.03 bits per heavy atom. The second kappa shape index (κ2) is 10.9. The van der Waals surface area contributed by atoms with Crippen LogP contribution in [0.2, 0.25) is 0 Å². The van der Waals surface area contributed by atoms with Crippen LogP contribution >= 0.6 is 0 Å². The lowest BCUT2D eigenvalue weighted by Gasteiger charge is -2.26. The lowest BCUT2D eigenvalue weighted by Crippen LogP contribution is -2.26. The number of methoxy groups -OCH3 is 2. The number of nitrogens with one attached hydrogen (secondary N) is 2. The fourth-order valence-corrected chi connectivity index (χ4v) is 3.53. The monoisotopic (exact) mass is 456 g/mol. The number of aromatic nitrogens is 2. The van der Waals surface area contributed by atoms with Crippen molar-refractivity contribution in [1.82, 2.24) is 9.97 Å². The zero-order chi connectivity index (χ0) is 23.8. The largest absolute Gasteiger partial charge is 0.493 e. The van der Waals surface area contributed by atoms with Crippen LogP contribution < -0.4 is 31.0 Å². The number of hydrazine groups is 1. The van der Waals surface area contributed by atoms with Gasteiger partial charge in [0.05, 0.1) is 25.6 Å². The highest BCUT2D eigenvalue weighted by Crippen LogP contribution is 2.30. The molecule has 0 saturated heterocycles. The van der Waals surface area contributed by atoms with Gasteiger partial charge >= 0.3 is 0 Å². The number of nitrogens with two attached hydrogens (primary N) is 1. The van der Waals surface area contributed by atoms with E-state index in [2.05, 4.69) is 20.7 Å². The molecule has 3 aromatic carbocycles. The van der Waals surface area contributed by atoms with E-state index in [9.17, 15) is 0 Å². The van der Waals surface area contributed by atoms with E-state index in [0.29, 0.717) is 35.4 Å². The van der Waals surface area contributed by atoms with Crippen LogP contribution in [-0.2, 0) is 6.42 Å². The summed E-state index contributed by atoms with van der Waals surface area (Å²) in [5, 5.41) is 5.25. The Hall–Kier alpha value is -4.46. The van der Waals surface area contributed by atoms with Gasteiger partial charge in [0.15, 0.2) is 23.1 Å². The van der Waals surface area contributed by atoms with Gasteiger partial charge in [-0.05, 0) is 48.4 Å². The summed E-state index contributed by atoms with van der Waals surface area (Å²) in [7, 11) is 3.25. The van der Waals surface area contributed by atoms with E-state index in [1.54, 1.807) is 14.2 Å². The smallest absolute Gasteiger partial charge is 0.173 e. The van der Waals surface area contributed by atoms with Gasteiger partial charge in [-0.1, -0.05) is 42.5 Å². The molecule has 0 amide bonds. The molecule has 8 heteroatoms. The van der Waals surface area contributed by atoms with Gasteiger partial charge in [-0.2, -0.15) is 0 Å². The van der Waals surface area contributed by atoms with Crippen molar-refractivity contribution in [3.8, 4) is 11.5 Å². The highest BCUT2D eigenvalue weighted by Gasteiger charge is 2.14. The topological polar surface area (TPSA) is 97.6 Å². The zero-order valence-corrected chi connectivity index (χ0v) is 19.2. The number of rotatable bonds is 10. The van der Waals surface area contributed by atoms with Crippen LogP contribution in [0.4, 0.5) is 28.7 Å². The number of hydrogen-bond donors (Lipinski definition) is 3. The molecule has 4 N–H and O–H groups in total. The van der Waals surface area contributed by atoms with Gasteiger partial charge in [0.25, 0.3) is 0 Å². The minimum Gasteiger partial charge on any atom is -0.493 e. The zero-order valence-electron chi connectivity index (χ0n) is 19.2. The Labute approximate surface area is 199 Å². The summed E-state index contributed by atoms with van der Waals surface area (Å²) < 4.78 is 10.7. The van der Waals surface area contributed by atoms with Crippen molar-refractivity contribution in [3.05, 3.63) is 90.8 Å². The van der Waals surface area contributed by atoms with Crippen LogP contribution in [0.15, 0.2) is 85.2 Å². The molecule has 4 rings (SSSR count). The minimum atomic E-state index is 0.437. The number of nitrogen functional groups attached to an aromatic ring is 1. The number of anilines is 5. The molecule has 0 aliphatic heterocycles. The van der Waals surface area contributed by atoms with Crippen LogP contribution in [-0.4, -0.2) is 30.7 Å². The average molecular weight is 457 g/mol. The molecule has 0 fully saturated rings. The molecular formula is C26H28N6O2. The van der Waals surface area contributed by atoms with Gasteiger partial charge in [0.1, 0.15) is 12.0 Å². The van der Waals surface area contributed by atoms with E-state index in [0.717, 1.165) is 23.4 Å². The second-order valence-electron chi connectivity index (χ2n) is 7.47. The Morgan fingerprint density at radius 2 is 1.41 bits per heavy atom. The number of hydrogen-bond acceptors (Lipinski definition) is 8. The number of nitrogens with zero attached hydrogens (tertiary/aromatic N) is 3. The third kappa shape index (κ3) is 5.29. The van der Waals surface area contributed by atoms with Crippen molar-refractivity contribution in [3.63, 3.8) is 0 Å². The molecule has 4 aromatic rings. The fourth-order valence-electron chi connectivity index (χ4n) is 3.53. The first-order valence-corrected chi connectivity index (χ1v) is 10.9. The Morgan fingerprint density at radius 1 is 0.794 bits per heavy atom. The summed E-state index contributed by atoms with van der Waals surface area (Å²) in [5.74, 6) is 2.49. The maximum absolute atomic E-state index is 6.44. The maximum atomic E-state index is 6.44. The molecule has 0 aliphatic rings. The van der Waals surface area contributed by atoms with E-state index in [4.69, 9.17) is 15.2 Å². The number of para-hydroxylation sites is 2. The lowest BCUT2D eigenvalue weighted by molar-refractivity contribution is 0.354. The van der Waals surface area contributed by atoms with Gasteiger partial charge in [-0.15, -0.1) is 0 Å². The van der Waals surface area contributed by atoms with Crippen molar-refractivity contribution in [2.75, 3.05) is 42.2 Å². The molecule has 0 spiro atoms. The SMILES string of the molecule is COc1ccc(CCNc2ncnc(NN(c3ccccc3)c3ccccc3)c2N)cc1OC. The molecule has 174 valence electrons. The van der Waals surface area contributed by atoms with Crippen LogP contribution in [0.1, 0.15) is 5.56 Å². The van der Waals surface area contributed by atoms with E-state index < -0.39 is 0 Å². The predicted octanol–water partition coefficient (Wildman–Crippen LogP) is 4.90. The van der Waals surface area contributed by atoms with E-state index >= 15 is 0 Å². The van der Waals surface area contributed by atoms with E-state index in [-0.39, 0.29) is 0 Å². The molecule has 0 saturated carbocycles. The molecule has 0 aliphatic carbocycles. The van der Waals surface area contributed by atoms with Crippen LogP contribution in [0.25, 0.3) is 0 Å². The first-order valence-electron chi connectivity index (χ1n) is 10.9. The van der Waals surface area contributed by atoms with Crippen molar-refractivity contribution < 1.29 is 9.47 Å². The first kappa shape index (κ1) is 22.7. The molecule has 0 unspecified atom stereocenters. The van der Waals surface area contributed by atoms with Gasteiger partial charge in [0, 0.05) is 6.54 Å². The molecule has 0 radical (unpaired) electrons. The molecule has 34 heavy (non-hydrogen) atoms. The summed E-state index contributed by atoms with van der Waals surface area (Å²) in [5.41, 5.74) is 13.2. The summed E-state index contributed by atoms with van der Waals surface area (Å²) in [6.07, 6.45) is 2.25. The van der Waals surface area contributed by atoms with Gasteiger partial charge in [-0.25, -0.2) is 9.97 Å². The summed E-state index contributed by atoms with van der Waals surface area (Å²) in [6.45, 7) is 0.636. The Bertz CT molecular complexity index is 1170. The van der Waals surface area contributed by atoms with Crippen LogP contribution in [0.5, 0.6) is 11.5 Å². The molecule has 1 aromatic heterocycles. The van der Waals surface area contributed by atoms with Gasteiger partial charge < -0.3 is 20.5 Å². The van der Waals surface area contributed by atoms with Crippen molar-refractivity contribution in [2.24, 2.45) is 0 Å². The van der Waals surface area contributed by atoms with Crippen LogP contribution in [0, 0.1) is 0 Å². The highest BCUT2D eigenvalue weighted by atomic mass is 16.5. The van der Waals surface area contributed by atoms with Crippen molar-refractivity contribution >= 4 is 28.7 Å². The number of ether oxygens (including phenoxy) is 2. The molecule has 0 bridgehead atoms. The fraction of sp³-hybridized carbons (Fsp3) is 0.154. The Kier molecular flexibility index (Phi) is 7.29. The van der Waals surface area contributed by atoms with Crippen molar-refractivity contribution in [2.45, 2.75) is 6.42 Å². The quantitative estimate of drug-likeness (QED) is 0.290. The van der Waals surface area contributed by atoms with Crippen LogP contribution in [0.3, 0.4) is 0 Å². The lowest BCUT2D eigenvalue weighted by atomic mass is 10.1. The molecule has 8 nitrogen and oxygen atoms in total. The third-order valence-corrected chi connectivity index (χ3v) is 5.28. The summed E-state index contributed by atoms with van der Waals surface area (Å²) in [6, 6.07) is 25.8. The predicted molar refractivity (Wildman–Crippen MR) is 137 cm³/mol. The van der Waals surface area contributed by atoms with E-state index in [1.807, 2.05) is 83.9 Å². The normalized spacial score (nSPS) is 10.4. The molecule has 0 atom stereocenters. The Balaban J connectivity index is 1.49. The van der Waals surface area contributed by atoms with Crippen molar-refractivity contribution in [1.29, 1.82) is 0 Å². The molecule has 1 heterocycles. The maximum Gasteiger partial charge on any atom is 0.173 e. The molecular weight excluding hydrogens is 428 g/mol.